The monoisotopic (exact) mass is 448 g/mol. The number of likely N-dealkylation sites (tertiary alicyclic amines) is 1. The summed E-state index contributed by atoms with van der Waals surface area (Å²) in [5, 5.41) is 0. The molecule has 1 aliphatic rings. The lowest BCUT2D eigenvalue weighted by atomic mass is 9.92. The SMILES string of the molecule is COc1cc(CC(=O)N2CCC(c3ncccc3S(C)(=O)=O)CC2)cc(OC)c1OC. The molecule has 9 heteroatoms. The van der Waals surface area contributed by atoms with Crippen molar-refractivity contribution < 1.29 is 27.4 Å². The van der Waals surface area contributed by atoms with Crippen LogP contribution in [0, 0.1) is 0 Å². The van der Waals surface area contributed by atoms with Crippen molar-refractivity contribution in [2.75, 3.05) is 40.7 Å². The molecule has 0 aliphatic carbocycles. The number of amides is 1. The molecule has 0 atom stereocenters. The van der Waals surface area contributed by atoms with Gasteiger partial charge in [-0.2, -0.15) is 0 Å². The molecule has 8 nitrogen and oxygen atoms in total. The van der Waals surface area contributed by atoms with Crippen molar-refractivity contribution in [2.45, 2.75) is 30.1 Å². The predicted molar refractivity (Wildman–Crippen MR) is 116 cm³/mol. The van der Waals surface area contributed by atoms with Gasteiger partial charge < -0.3 is 19.1 Å². The quantitative estimate of drug-likeness (QED) is 0.642. The summed E-state index contributed by atoms with van der Waals surface area (Å²) in [6.45, 7) is 1.10. The van der Waals surface area contributed by atoms with Gasteiger partial charge in [-0.15, -0.1) is 0 Å². The third kappa shape index (κ3) is 5.10. The minimum atomic E-state index is -3.35. The second-order valence-corrected chi connectivity index (χ2v) is 9.51. The number of sulfone groups is 1. The van der Waals surface area contributed by atoms with Gasteiger partial charge in [-0.05, 0) is 42.7 Å². The van der Waals surface area contributed by atoms with Crippen molar-refractivity contribution in [3.63, 3.8) is 0 Å². The number of rotatable bonds is 7. The number of piperidine rings is 1. The van der Waals surface area contributed by atoms with E-state index in [2.05, 4.69) is 4.98 Å². The van der Waals surface area contributed by atoms with Crippen LogP contribution < -0.4 is 14.2 Å². The molecule has 1 saturated heterocycles. The average Bonchev–Trinajstić information content (AvgIpc) is 2.77. The minimum Gasteiger partial charge on any atom is -0.493 e. The first-order valence-electron chi connectivity index (χ1n) is 10.00. The number of carbonyl (C=O) groups is 1. The largest absolute Gasteiger partial charge is 0.493 e. The van der Waals surface area contributed by atoms with Crippen LogP contribution in [0.1, 0.15) is 30.0 Å². The lowest BCUT2D eigenvalue weighted by molar-refractivity contribution is -0.131. The Balaban J connectivity index is 1.69. The van der Waals surface area contributed by atoms with E-state index in [0.29, 0.717) is 48.9 Å². The number of aromatic nitrogens is 1. The molecule has 2 heterocycles. The van der Waals surface area contributed by atoms with E-state index in [4.69, 9.17) is 14.2 Å². The van der Waals surface area contributed by atoms with Gasteiger partial charge in [0.05, 0.1) is 38.3 Å². The first kappa shape index (κ1) is 22.9. The number of hydrogen-bond acceptors (Lipinski definition) is 7. The molecule has 2 aromatic rings. The molecule has 168 valence electrons. The highest BCUT2D eigenvalue weighted by Crippen LogP contribution is 2.38. The van der Waals surface area contributed by atoms with Gasteiger partial charge in [-0.1, -0.05) is 0 Å². The van der Waals surface area contributed by atoms with Gasteiger partial charge >= 0.3 is 0 Å². The maximum absolute atomic E-state index is 12.9. The molecule has 0 N–H and O–H groups in total. The van der Waals surface area contributed by atoms with Gasteiger partial charge in [0, 0.05) is 31.5 Å². The van der Waals surface area contributed by atoms with Crippen LogP contribution in [0.4, 0.5) is 0 Å². The second-order valence-electron chi connectivity index (χ2n) is 7.52. The predicted octanol–water partition coefficient (Wildman–Crippen LogP) is 2.46. The molecule has 1 aliphatic heterocycles. The zero-order valence-electron chi connectivity index (χ0n) is 18.3. The highest BCUT2D eigenvalue weighted by molar-refractivity contribution is 7.90. The third-order valence-electron chi connectivity index (χ3n) is 5.51. The Hall–Kier alpha value is -2.81. The van der Waals surface area contributed by atoms with Gasteiger partial charge in [0.2, 0.25) is 11.7 Å². The molecule has 1 amide bonds. The molecule has 0 unspecified atom stereocenters. The van der Waals surface area contributed by atoms with Crippen molar-refractivity contribution in [2.24, 2.45) is 0 Å². The number of ether oxygens (including phenoxy) is 3. The molecule has 0 saturated carbocycles. The summed E-state index contributed by atoms with van der Waals surface area (Å²) in [5.74, 6) is 1.51. The number of pyridine rings is 1. The number of carbonyl (C=O) groups excluding carboxylic acids is 1. The summed E-state index contributed by atoms with van der Waals surface area (Å²) in [4.78, 5) is 19.3. The van der Waals surface area contributed by atoms with Crippen LogP contribution in [-0.4, -0.2) is 64.9 Å². The standard InChI is InChI=1S/C22H28N2O6S/c1-28-17-12-15(13-18(29-2)22(17)30-3)14-20(25)24-10-7-16(8-11-24)21-19(31(4,26)27)6-5-9-23-21/h5-6,9,12-13,16H,7-8,10-11,14H2,1-4H3. The van der Waals surface area contributed by atoms with Crippen LogP contribution in [0.25, 0.3) is 0 Å². The number of benzene rings is 1. The fraction of sp³-hybridized carbons (Fsp3) is 0.455. The summed E-state index contributed by atoms with van der Waals surface area (Å²) in [6.07, 6.45) is 4.36. The van der Waals surface area contributed by atoms with Crippen molar-refractivity contribution in [1.82, 2.24) is 9.88 Å². The van der Waals surface area contributed by atoms with E-state index >= 15 is 0 Å². The first-order chi connectivity index (χ1) is 14.8. The topological polar surface area (TPSA) is 95.0 Å². The summed E-state index contributed by atoms with van der Waals surface area (Å²) < 4.78 is 40.2. The molecule has 0 radical (unpaired) electrons. The molecule has 1 aromatic carbocycles. The highest BCUT2D eigenvalue weighted by atomic mass is 32.2. The van der Waals surface area contributed by atoms with Crippen LogP contribution in [0.5, 0.6) is 17.2 Å². The smallest absolute Gasteiger partial charge is 0.226 e. The maximum Gasteiger partial charge on any atom is 0.226 e. The van der Waals surface area contributed by atoms with Crippen LogP contribution in [-0.2, 0) is 21.1 Å². The van der Waals surface area contributed by atoms with E-state index in [-0.39, 0.29) is 23.1 Å². The van der Waals surface area contributed by atoms with E-state index in [9.17, 15) is 13.2 Å². The zero-order valence-corrected chi connectivity index (χ0v) is 19.1. The van der Waals surface area contributed by atoms with E-state index < -0.39 is 9.84 Å². The normalized spacial score (nSPS) is 14.9. The Morgan fingerprint density at radius 1 is 1.10 bits per heavy atom. The van der Waals surface area contributed by atoms with Crippen LogP contribution >= 0.6 is 0 Å². The van der Waals surface area contributed by atoms with Gasteiger partial charge in [-0.3, -0.25) is 9.78 Å². The summed E-state index contributed by atoms with van der Waals surface area (Å²) >= 11 is 0. The third-order valence-corrected chi connectivity index (χ3v) is 6.66. The van der Waals surface area contributed by atoms with E-state index in [0.717, 1.165) is 5.56 Å². The lowest BCUT2D eigenvalue weighted by Crippen LogP contribution is -2.39. The minimum absolute atomic E-state index is 0.00270. The van der Waals surface area contributed by atoms with Crippen molar-refractivity contribution in [3.8, 4) is 17.2 Å². The van der Waals surface area contributed by atoms with Crippen LogP contribution in [0.3, 0.4) is 0 Å². The Bertz CT molecular complexity index is 1020. The van der Waals surface area contributed by atoms with Gasteiger partial charge in [-0.25, -0.2) is 8.42 Å². The fourth-order valence-electron chi connectivity index (χ4n) is 3.95. The van der Waals surface area contributed by atoms with Gasteiger partial charge in [0.25, 0.3) is 0 Å². The van der Waals surface area contributed by atoms with Crippen molar-refractivity contribution in [1.29, 1.82) is 0 Å². The van der Waals surface area contributed by atoms with Crippen molar-refractivity contribution >= 4 is 15.7 Å². The first-order valence-corrected chi connectivity index (χ1v) is 11.9. The summed E-state index contributed by atoms with van der Waals surface area (Å²) in [5.41, 5.74) is 1.37. The maximum atomic E-state index is 12.9. The van der Waals surface area contributed by atoms with Crippen molar-refractivity contribution in [3.05, 3.63) is 41.7 Å². The number of hydrogen-bond donors (Lipinski definition) is 0. The van der Waals surface area contributed by atoms with Crippen LogP contribution in [0.2, 0.25) is 0 Å². The average molecular weight is 449 g/mol. The molecule has 0 bridgehead atoms. The van der Waals surface area contributed by atoms with E-state index in [1.807, 2.05) is 4.90 Å². The molecule has 1 fully saturated rings. The lowest BCUT2D eigenvalue weighted by Gasteiger charge is -2.32. The summed E-state index contributed by atoms with van der Waals surface area (Å²) in [6, 6.07) is 6.78. The zero-order chi connectivity index (χ0) is 22.6. The Morgan fingerprint density at radius 2 is 1.71 bits per heavy atom. The number of nitrogens with zero attached hydrogens (tertiary/aromatic N) is 2. The second kappa shape index (κ2) is 9.55. The Kier molecular flexibility index (Phi) is 7.04. The highest BCUT2D eigenvalue weighted by Gasteiger charge is 2.28. The van der Waals surface area contributed by atoms with E-state index in [1.54, 1.807) is 30.5 Å². The molecule has 31 heavy (non-hydrogen) atoms. The Labute approximate surface area is 183 Å². The molecule has 1 aromatic heterocycles. The molecule has 0 spiro atoms. The Morgan fingerprint density at radius 3 is 2.23 bits per heavy atom. The molecular weight excluding hydrogens is 420 g/mol. The van der Waals surface area contributed by atoms with Gasteiger partial charge in [0.1, 0.15) is 0 Å². The molecule has 3 rings (SSSR count). The summed E-state index contributed by atoms with van der Waals surface area (Å²) in [7, 11) is 1.26. The fourth-order valence-corrected chi connectivity index (χ4v) is 4.87. The molecular formula is C22H28N2O6S. The number of methoxy groups -OCH3 is 3. The van der Waals surface area contributed by atoms with Gasteiger partial charge in [0.15, 0.2) is 21.3 Å². The van der Waals surface area contributed by atoms with Crippen LogP contribution in [0.15, 0.2) is 35.4 Å². The van der Waals surface area contributed by atoms with E-state index in [1.165, 1.54) is 27.6 Å².